The van der Waals surface area contributed by atoms with E-state index in [0.29, 0.717) is 6.04 Å². The van der Waals surface area contributed by atoms with Crippen molar-refractivity contribution in [1.82, 2.24) is 5.32 Å². The number of thiophene rings is 1. The predicted octanol–water partition coefficient (Wildman–Crippen LogP) is 3.37. The summed E-state index contributed by atoms with van der Waals surface area (Å²) < 4.78 is 0. The lowest BCUT2D eigenvalue weighted by Gasteiger charge is -2.12. The van der Waals surface area contributed by atoms with Gasteiger partial charge in [0.1, 0.15) is 0 Å². The van der Waals surface area contributed by atoms with E-state index in [1.54, 1.807) is 0 Å². The molecule has 0 aliphatic rings. The predicted molar refractivity (Wildman–Crippen MR) is 68.2 cm³/mol. The zero-order valence-corrected chi connectivity index (χ0v) is 10.6. The van der Waals surface area contributed by atoms with Gasteiger partial charge in [-0.1, -0.05) is 13.0 Å². The maximum Gasteiger partial charge on any atom is 0.0302 e. The zero-order valence-electron chi connectivity index (χ0n) is 8.95. The van der Waals surface area contributed by atoms with Crippen molar-refractivity contribution in [3.8, 4) is 0 Å². The standard InChI is InChI=1S/C11H19NS2/c1-3-13-8-6-10(2)12-9-11-5-4-7-14-11/h4-5,7,10,12H,3,6,8-9H2,1-2H3. The fraction of sp³-hybridized carbons (Fsp3) is 0.636. The van der Waals surface area contributed by atoms with E-state index in [2.05, 4.69) is 36.7 Å². The number of thioether (sulfide) groups is 1. The zero-order chi connectivity index (χ0) is 10.2. The average molecular weight is 229 g/mol. The van der Waals surface area contributed by atoms with E-state index >= 15 is 0 Å². The third kappa shape index (κ3) is 5.03. The molecule has 14 heavy (non-hydrogen) atoms. The maximum absolute atomic E-state index is 3.54. The monoisotopic (exact) mass is 229 g/mol. The molecule has 1 atom stereocenters. The number of hydrogen-bond acceptors (Lipinski definition) is 3. The molecule has 3 heteroatoms. The van der Waals surface area contributed by atoms with Crippen molar-refractivity contribution >= 4 is 23.1 Å². The number of nitrogens with one attached hydrogen (secondary N) is 1. The Morgan fingerprint density at radius 3 is 3.07 bits per heavy atom. The SMILES string of the molecule is CCSCCC(C)NCc1cccs1. The van der Waals surface area contributed by atoms with Crippen molar-refractivity contribution in [2.45, 2.75) is 32.9 Å². The first kappa shape index (κ1) is 12.1. The van der Waals surface area contributed by atoms with Crippen LogP contribution in [-0.4, -0.2) is 17.5 Å². The van der Waals surface area contributed by atoms with Gasteiger partial charge in [-0.2, -0.15) is 11.8 Å². The summed E-state index contributed by atoms with van der Waals surface area (Å²) in [4.78, 5) is 1.43. The summed E-state index contributed by atoms with van der Waals surface area (Å²) in [5.41, 5.74) is 0. The van der Waals surface area contributed by atoms with Crippen LogP contribution in [0.4, 0.5) is 0 Å². The van der Waals surface area contributed by atoms with Gasteiger partial charge in [0.2, 0.25) is 0 Å². The van der Waals surface area contributed by atoms with Crippen molar-refractivity contribution in [3.05, 3.63) is 22.4 Å². The fourth-order valence-electron chi connectivity index (χ4n) is 1.19. The molecule has 1 aromatic heterocycles. The molecular weight excluding hydrogens is 210 g/mol. The first-order valence-corrected chi connectivity index (χ1v) is 7.20. The highest BCUT2D eigenvalue weighted by molar-refractivity contribution is 7.99. The van der Waals surface area contributed by atoms with Gasteiger partial charge >= 0.3 is 0 Å². The summed E-state index contributed by atoms with van der Waals surface area (Å²) in [7, 11) is 0. The molecule has 0 aromatic carbocycles. The smallest absolute Gasteiger partial charge is 0.0302 e. The van der Waals surface area contributed by atoms with E-state index in [9.17, 15) is 0 Å². The van der Waals surface area contributed by atoms with Gasteiger partial charge in [-0.25, -0.2) is 0 Å². The van der Waals surface area contributed by atoms with Crippen LogP contribution in [-0.2, 0) is 6.54 Å². The molecule has 1 nitrogen and oxygen atoms in total. The topological polar surface area (TPSA) is 12.0 Å². The highest BCUT2D eigenvalue weighted by Crippen LogP contribution is 2.09. The molecule has 0 saturated heterocycles. The van der Waals surface area contributed by atoms with Crippen LogP contribution in [0.25, 0.3) is 0 Å². The second-order valence-electron chi connectivity index (χ2n) is 3.35. The van der Waals surface area contributed by atoms with Gasteiger partial charge in [-0.05, 0) is 36.3 Å². The maximum atomic E-state index is 3.54. The van der Waals surface area contributed by atoms with Crippen molar-refractivity contribution in [2.24, 2.45) is 0 Å². The lowest BCUT2D eigenvalue weighted by molar-refractivity contribution is 0.540. The highest BCUT2D eigenvalue weighted by atomic mass is 32.2. The second-order valence-corrected chi connectivity index (χ2v) is 5.77. The van der Waals surface area contributed by atoms with Crippen LogP contribution in [0.15, 0.2) is 17.5 Å². The van der Waals surface area contributed by atoms with Gasteiger partial charge in [-0.15, -0.1) is 11.3 Å². The molecule has 0 fully saturated rings. The first-order chi connectivity index (χ1) is 6.83. The van der Waals surface area contributed by atoms with E-state index in [1.165, 1.54) is 22.8 Å². The van der Waals surface area contributed by atoms with Gasteiger partial charge in [0.15, 0.2) is 0 Å². The Balaban J connectivity index is 2.06. The van der Waals surface area contributed by atoms with E-state index in [4.69, 9.17) is 0 Å². The lowest BCUT2D eigenvalue weighted by atomic mass is 10.2. The summed E-state index contributed by atoms with van der Waals surface area (Å²) >= 11 is 3.85. The van der Waals surface area contributed by atoms with Crippen LogP contribution in [0.5, 0.6) is 0 Å². The molecule has 0 amide bonds. The van der Waals surface area contributed by atoms with Crippen LogP contribution in [0, 0.1) is 0 Å². The second kappa shape index (κ2) is 7.32. The molecule has 1 heterocycles. The van der Waals surface area contributed by atoms with Crippen molar-refractivity contribution in [2.75, 3.05) is 11.5 Å². The van der Waals surface area contributed by atoms with Crippen molar-refractivity contribution in [3.63, 3.8) is 0 Å². The summed E-state index contributed by atoms with van der Waals surface area (Å²) in [6, 6.07) is 4.93. The van der Waals surface area contributed by atoms with Gasteiger partial charge in [-0.3, -0.25) is 0 Å². The summed E-state index contributed by atoms with van der Waals surface area (Å²) in [6.45, 7) is 5.51. The van der Waals surface area contributed by atoms with E-state index in [0.717, 1.165) is 6.54 Å². The Labute approximate surface area is 95.3 Å². The Bertz CT molecular complexity index is 221. The summed E-state index contributed by atoms with van der Waals surface area (Å²) in [5, 5.41) is 5.67. The van der Waals surface area contributed by atoms with Crippen LogP contribution in [0.2, 0.25) is 0 Å². The van der Waals surface area contributed by atoms with Crippen LogP contribution in [0.3, 0.4) is 0 Å². The Morgan fingerprint density at radius 2 is 2.43 bits per heavy atom. The lowest BCUT2D eigenvalue weighted by Crippen LogP contribution is -2.25. The van der Waals surface area contributed by atoms with Gasteiger partial charge < -0.3 is 5.32 Å². The average Bonchev–Trinajstić information content (AvgIpc) is 2.68. The van der Waals surface area contributed by atoms with E-state index in [-0.39, 0.29) is 0 Å². The highest BCUT2D eigenvalue weighted by Gasteiger charge is 2.01. The minimum Gasteiger partial charge on any atom is -0.309 e. The van der Waals surface area contributed by atoms with Crippen LogP contribution >= 0.6 is 23.1 Å². The third-order valence-electron chi connectivity index (χ3n) is 2.10. The molecule has 0 bridgehead atoms. The van der Waals surface area contributed by atoms with E-state index < -0.39 is 0 Å². The minimum absolute atomic E-state index is 0.635. The Kier molecular flexibility index (Phi) is 6.32. The number of hydrogen-bond donors (Lipinski definition) is 1. The van der Waals surface area contributed by atoms with Crippen molar-refractivity contribution in [1.29, 1.82) is 0 Å². The molecule has 1 unspecified atom stereocenters. The molecule has 0 radical (unpaired) electrons. The molecule has 0 aliphatic heterocycles. The Hall–Kier alpha value is 0.01000. The normalized spacial score (nSPS) is 13.0. The minimum atomic E-state index is 0.635. The number of rotatable bonds is 7. The Morgan fingerprint density at radius 1 is 1.57 bits per heavy atom. The fourth-order valence-corrected chi connectivity index (χ4v) is 2.66. The molecule has 80 valence electrons. The van der Waals surface area contributed by atoms with Gasteiger partial charge in [0, 0.05) is 17.5 Å². The van der Waals surface area contributed by atoms with E-state index in [1.807, 2.05) is 23.1 Å². The quantitative estimate of drug-likeness (QED) is 0.720. The van der Waals surface area contributed by atoms with Crippen LogP contribution < -0.4 is 5.32 Å². The molecule has 0 saturated carbocycles. The molecule has 0 spiro atoms. The molecule has 1 N–H and O–H groups in total. The van der Waals surface area contributed by atoms with Gasteiger partial charge in [0.25, 0.3) is 0 Å². The molecular formula is C11H19NS2. The largest absolute Gasteiger partial charge is 0.309 e. The van der Waals surface area contributed by atoms with Crippen molar-refractivity contribution < 1.29 is 0 Å². The molecule has 1 aromatic rings. The summed E-state index contributed by atoms with van der Waals surface area (Å²) in [5.74, 6) is 2.51. The van der Waals surface area contributed by atoms with Crippen LogP contribution in [0.1, 0.15) is 25.1 Å². The third-order valence-corrected chi connectivity index (χ3v) is 3.91. The first-order valence-electron chi connectivity index (χ1n) is 5.16. The summed E-state index contributed by atoms with van der Waals surface area (Å²) in [6.07, 6.45) is 1.27. The van der Waals surface area contributed by atoms with Gasteiger partial charge in [0.05, 0.1) is 0 Å². The molecule has 0 aliphatic carbocycles. The molecule has 1 rings (SSSR count).